The van der Waals surface area contributed by atoms with E-state index in [4.69, 9.17) is 0 Å². The van der Waals surface area contributed by atoms with Crippen molar-refractivity contribution in [2.75, 3.05) is 0 Å². The highest BCUT2D eigenvalue weighted by Gasteiger charge is 2.09. The Bertz CT molecular complexity index is 484. The van der Waals surface area contributed by atoms with E-state index < -0.39 is 6.23 Å². The van der Waals surface area contributed by atoms with Gasteiger partial charge in [-0.05, 0) is 6.92 Å². The highest BCUT2D eigenvalue weighted by molar-refractivity contribution is 5.72. The summed E-state index contributed by atoms with van der Waals surface area (Å²) < 4.78 is 1.28. The molecule has 2 rings (SSSR count). The Hall–Kier alpha value is -1.69. The second-order valence-corrected chi connectivity index (χ2v) is 2.69. The summed E-state index contributed by atoms with van der Waals surface area (Å²) in [6.45, 7) is 1.55. The van der Waals surface area contributed by atoms with E-state index in [-0.39, 0.29) is 5.56 Å². The first-order valence-corrected chi connectivity index (χ1v) is 3.79. The van der Waals surface area contributed by atoms with Crippen molar-refractivity contribution in [3.63, 3.8) is 0 Å². The molecule has 2 N–H and O–H groups in total. The van der Waals surface area contributed by atoms with Gasteiger partial charge in [0, 0.05) is 0 Å². The molecule has 2 aromatic rings. The predicted octanol–water partition coefficient (Wildman–Crippen LogP) is -0.370. The number of aliphatic hydroxyl groups excluding tert-OH is 1. The molecule has 0 fully saturated rings. The fourth-order valence-electron chi connectivity index (χ4n) is 1.15. The molecule has 0 saturated carbocycles. The van der Waals surface area contributed by atoms with Crippen molar-refractivity contribution in [2.24, 2.45) is 0 Å². The summed E-state index contributed by atoms with van der Waals surface area (Å²) in [6.07, 6.45) is 1.88. The molecule has 13 heavy (non-hydrogen) atoms. The van der Waals surface area contributed by atoms with Crippen LogP contribution in [-0.2, 0) is 0 Å². The lowest BCUT2D eigenvalue weighted by Crippen LogP contribution is -2.09. The molecule has 0 bridgehead atoms. The fraction of sp³-hybridized carbons (Fsp3) is 0.286. The van der Waals surface area contributed by atoms with Crippen LogP contribution >= 0.6 is 0 Å². The lowest BCUT2D eigenvalue weighted by molar-refractivity contribution is 0.115. The SMILES string of the molecule is CC(O)n1ncc2c(=O)[nH]cnc21. The topological polar surface area (TPSA) is 83.8 Å². The highest BCUT2D eigenvalue weighted by Crippen LogP contribution is 2.08. The monoisotopic (exact) mass is 180 g/mol. The molecule has 0 aliphatic heterocycles. The molecule has 0 aromatic carbocycles. The van der Waals surface area contributed by atoms with Crippen molar-refractivity contribution in [1.29, 1.82) is 0 Å². The van der Waals surface area contributed by atoms with E-state index >= 15 is 0 Å². The molecule has 68 valence electrons. The lowest BCUT2D eigenvalue weighted by atomic mass is 10.4. The van der Waals surface area contributed by atoms with Gasteiger partial charge in [0.15, 0.2) is 5.65 Å². The van der Waals surface area contributed by atoms with Crippen LogP contribution in [0.25, 0.3) is 11.0 Å². The normalized spacial score (nSPS) is 13.4. The number of aromatic amines is 1. The summed E-state index contributed by atoms with van der Waals surface area (Å²) in [5.74, 6) is 0. The van der Waals surface area contributed by atoms with Gasteiger partial charge in [0.1, 0.15) is 11.6 Å². The molecule has 0 amide bonds. The minimum atomic E-state index is -0.785. The number of aliphatic hydroxyl groups is 1. The van der Waals surface area contributed by atoms with Gasteiger partial charge in [0.25, 0.3) is 5.56 Å². The Morgan fingerprint density at radius 3 is 3.15 bits per heavy atom. The molecule has 6 nitrogen and oxygen atoms in total. The second kappa shape index (κ2) is 2.67. The predicted molar refractivity (Wildman–Crippen MR) is 45.1 cm³/mol. The van der Waals surface area contributed by atoms with Gasteiger partial charge in [0.05, 0.1) is 12.5 Å². The van der Waals surface area contributed by atoms with Gasteiger partial charge in [-0.25, -0.2) is 9.67 Å². The third kappa shape index (κ3) is 1.11. The molecule has 2 aromatic heterocycles. The Morgan fingerprint density at radius 2 is 2.46 bits per heavy atom. The fourth-order valence-corrected chi connectivity index (χ4v) is 1.15. The number of hydrogen-bond donors (Lipinski definition) is 2. The summed E-state index contributed by atoms with van der Waals surface area (Å²) >= 11 is 0. The van der Waals surface area contributed by atoms with Crippen LogP contribution < -0.4 is 5.56 Å². The standard InChI is InChI=1S/C7H8N4O2/c1-4(12)11-6-5(2-10-11)7(13)9-3-8-6/h2-4,12H,1H3,(H,8,9,13). The molecule has 6 heteroatoms. The van der Waals surface area contributed by atoms with E-state index in [9.17, 15) is 9.90 Å². The molecule has 0 aliphatic carbocycles. The first kappa shape index (κ1) is 7.93. The van der Waals surface area contributed by atoms with Gasteiger partial charge >= 0.3 is 0 Å². The van der Waals surface area contributed by atoms with Crippen molar-refractivity contribution >= 4 is 11.0 Å². The van der Waals surface area contributed by atoms with Crippen LogP contribution in [-0.4, -0.2) is 24.9 Å². The minimum Gasteiger partial charge on any atom is -0.372 e. The van der Waals surface area contributed by atoms with E-state index in [0.29, 0.717) is 11.0 Å². The summed E-state index contributed by atoms with van der Waals surface area (Å²) in [5, 5.41) is 13.5. The molecule has 0 radical (unpaired) electrons. The second-order valence-electron chi connectivity index (χ2n) is 2.69. The van der Waals surface area contributed by atoms with Crippen molar-refractivity contribution in [3.8, 4) is 0 Å². The lowest BCUT2D eigenvalue weighted by Gasteiger charge is -2.03. The Labute approximate surface area is 72.8 Å². The van der Waals surface area contributed by atoms with E-state index in [1.807, 2.05) is 0 Å². The van der Waals surface area contributed by atoms with Crippen LogP contribution in [0.1, 0.15) is 13.2 Å². The molecular weight excluding hydrogens is 172 g/mol. The van der Waals surface area contributed by atoms with Gasteiger partial charge in [-0.2, -0.15) is 5.10 Å². The number of rotatable bonds is 1. The highest BCUT2D eigenvalue weighted by atomic mass is 16.3. The molecule has 2 heterocycles. The molecule has 0 spiro atoms. The Morgan fingerprint density at radius 1 is 1.69 bits per heavy atom. The number of nitrogens with zero attached hydrogens (tertiary/aromatic N) is 3. The molecular formula is C7H8N4O2. The third-order valence-corrected chi connectivity index (χ3v) is 1.75. The molecule has 0 aliphatic rings. The zero-order valence-electron chi connectivity index (χ0n) is 6.93. The number of fused-ring (bicyclic) bond motifs is 1. The van der Waals surface area contributed by atoms with E-state index in [1.165, 1.54) is 17.2 Å². The summed E-state index contributed by atoms with van der Waals surface area (Å²) in [5.41, 5.74) is 0.135. The number of aromatic nitrogens is 4. The summed E-state index contributed by atoms with van der Waals surface area (Å²) in [4.78, 5) is 17.5. The molecule has 1 unspecified atom stereocenters. The van der Waals surface area contributed by atoms with Crippen molar-refractivity contribution in [3.05, 3.63) is 22.9 Å². The van der Waals surface area contributed by atoms with Crippen molar-refractivity contribution in [2.45, 2.75) is 13.2 Å². The number of H-pyrrole nitrogens is 1. The first-order valence-electron chi connectivity index (χ1n) is 3.79. The van der Waals surface area contributed by atoms with Gasteiger partial charge in [-0.3, -0.25) is 4.79 Å². The first-order chi connectivity index (χ1) is 6.20. The Kier molecular flexibility index (Phi) is 1.63. The maximum Gasteiger partial charge on any atom is 0.261 e. The van der Waals surface area contributed by atoms with Gasteiger partial charge in [-0.15, -0.1) is 0 Å². The zero-order valence-corrected chi connectivity index (χ0v) is 6.93. The van der Waals surface area contributed by atoms with Crippen LogP contribution in [0.3, 0.4) is 0 Å². The summed E-state index contributed by atoms with van der Waals surface area (Å²) in [7, 11) is 0. The zero-order chi connectivity index (χ0) is 9.42. The summed E-state index contributed by atoms with van der Waals surface area (Å²) in [6, 6.07) is 0. The van der Waals surface area contributed by atoms with Crippen LogP contribution in [0.5, 0.6) is 0 Å². The number of hydrogen-bond acceptors (Lipinski definition) is 4. The quantitative estimate of drug-likeness (QED) is 0.627. The van der Waals surface area contributed by atoms with Gasteiger partial charge < -0.3 is 10.1 Å². The van der Waals surface area contributed by atoms with E-state index in [0.717, 1.165) is 0 Å². The van der Waals surface area contributed by atoms with Crippen molar-refractivity contribution < 1.29 is 5.11 Å². The smallest absolute Gasteiger partial charge is 0.261 e. The maximum absolute atomic E-state index is 11.2. The Balaban J connectivity index is 2.83. The average molecular weight is 180 g/mol. The third-order valence-electron chi connectivity index (χ3n) is 1.75. The van der Waals surface area contributed by atoms with Crippen LogP contribution in [0.4, 0.5) is 0 Å². The van der Waals surface area contributed by atoms with Gasteiger partial charge in [0.2, 0.25) is 0 Å². The van der Waals surface area contributed by atoms with Crippen LogP contribution in [0, 0.1) is 0 Å². The molecule has 0 saturated heterocycles. The molecule has 1 atom stereocenters. The van der Waals surface area contributed by atoms with Crippen molar-refractivity contribution in [1.82, 2.24) is 19.7 Å². The van der Waals surface area contributed by atoms with Crippen LogP contribution in [0.15, 0.2) is 17.3 Å². The number of nitrogens with one attached hydrogen (secondary N) is 1. The minimum absolute atomic E-state index is 0.253. The van der Waals surface area contributed by atoms with E-state index in [2.05, 4.69) is 15.1 Å². The van der Waals surface area contributed by atoms with E-state index in [1.54, 1.807) is 6.92 Å². The van der Waals surface area contributed by atoms with Crippen LogP contribution in [0.2, 0.25) is 0 Å². The van der Waals surface area contributed by atoms with Gasteiger partial charge in [-0.1, -0.05) is 0 Å². The average Bonchev–Trinajstić information content (AvgIpc) is 2.48. The largest absolute Gasteiger partial charge is 0.372 e. The maximum atomic E-state index is 11.2.